The molecule has 2 bridgehead atoms. The fourth-order valence-electron chi connectivity index (χ4n) is 5.53. The van der Waals surface area contributed by atoms with Crippen LogP contribution >= 0.6 is 0 Å². The van der Waals surface area contributed by atoms with E-state index in [4.69, 9.17) is 4.84 Å². The highest BCUT2D eigenvalue weighted by molar-refractivity contribution is 5.97. The molecule has 1 saturated heterocycles. The van der Waals surface area contributed by atoms with Crippen LogP contribution in [0.5, 0.6) is 0 Å². The van der Waals surface area contributed by atoms with E-state index in [-0.39, 0.29) is 23.2 Å². The number of fused-ring (bicyclic) bond motifs is 5. The van der Waals surface area contributed by atoms with Gasteiger partial charge in [0.15, 0.2) is 11.0 Å². The van der Waals surface area contributed by atoms with Gasteiger partial charge in [-0.1, -0.05) is 18.5 Å². The lowest BCUT2D eigenvalue weighted by Crippen LogP contribution is -2.52. The molecular formula is C26H27F3N4O4. The first kappa shape index (κ1) is 25.0. The maximum absolute atomic E-state index is 14.0. The molecule has 3 unspecified atom stereocenters. The van der Waals surface area contributed by atoms with E-state index in [0.29, 0.717) is 37.9 Å². The van der Waals surface area contributed by atoms with Crippen molar-refractivity contribution in [2.24, 2.45) is 5.16 Å². The van der Waals surface area contributed by atoms with Crippen LogP contribution in [0.4, 0.5) is 13.2 Å². The van der Waals surface area contributed by atoms with Gasteiger partial charge in [-0.2, -0.15) is 0 Å². The largest absolute Gasteiger partial charge is 0.387 e. The van der Waals surface area contributed by atoms with E-state index in [2.05, 4.69) is 17.4 Å². The highest BCUT2D eigenvalue weighted by Crippen LogP contribution is 2.45. The summed E-state index contributed by atoms with van der Waals surface area (Å²) in [5, 5.41) is 6.66. The van der Waals surface area contributed by atoms with Crippen molar-refractivity contribution in [3.63, 3.8) is 0 Å². The number of benzene rings is 1. The second kappa shape index (κ2) is 9.35. The quantitative estimate of drug-likeness (QED) is 0.656. The van der Waals surface area contributed by atoms with Gasteiger partial charge in [0.1, 0.15) is 28.7 Å². The van der Waals surface area contributed by atoms with Crippen molar-refractivity contribution in [3.05, 3.63) is 68.9 Å². The van der Waals surface area contributed by atoms with E-state index in [9.17, 15) is 27.6 Å². The molecule has 2 amide bonds. The summed E-state index contributed by atoms with van der Waals surface area (Å²) in [4.78, 5) is 46.9. The predicted octanol–water partition coefficient (Wildman–Crippen LogP) is 3.69. The molecule has 11 heteroatoms. The summed E-state index contributed by atoms with van der Waals surface area (Å²) in [5.74, 6) is -4.57. The van der Waals surface area contributed by atoms with Crippen LogP contribution in [0.2, 0.25) is 0 Å². The second-order valence-corrected chi connectivity index (χ2v) is 9.98. The minimum absolute atomic E-state index is 0.0690. The number of carbonyl (C=O) groups is 2. The molecule has 37 heavy (non-hydrogen) atoms. The van der Waals surface area contributed by atoms with Crippen LogP contribution in [-0.2, 0) is 11.4 Å². The Labute approximate surface area is 211 Å². The molecule has 1 aromatic carbocycles. The minimum Gasteiger partial charge on any atom is -0.387 e. The summed E-state index contributed by atoms with van der Waals surface area (Å²) in [6.45, 7) is 3.75. The lowest BCUT2D eigenvalue weighted by Gasteiger charge is -2.41. The number of pyridine rings is 1. The summed E-state index contributed by atoms with van der Waals surface area (Å²) in [6, 6.07) is 1.68. The molecule has 1 aromatic heterocycles. The van der Waals surface area contributed by atoms with Crippen LogP contribution in [-0.4, -0.2) is 45.2 Å². The molecule has 1 N–H and O–H groups in total. The van der Waals surface area contributed by atoms with Gasteiger partial charge in [0, 0.05) is 55.5 Å². The number of halogens is 3. The fourth-order valence-corrected chi connectivity index (χ4v) is 5.53. The number of amides is 2. The molecule has 0 saturated carbocycles. The molecule has 8 nitrogen and oxygen atoms in total. The van der Waals surface area contributed by atoms with E-state index in [1.807, 2.05) is 6.92 Å². The lowest BCUT2D eigenvalue weighted by atomic mass is 9.83. The fraction of sp³-hybridized carbons (Fsp3) is 0.462. The first-order chi connectivity index (χ1) is 17.6. The molecule has 0 aliphatic carbocycles. The number of aromatic nitrogens is 1. The zero-order chi connectivity index (χ0) is 26.5. The average Bonchev–Trinajstić information content (AvgIpc) is 3.20. The Hall–Kier alpha value is -3.63. The van der Waals surface area contributed by atoms with Crippen molar-refractivity contribution in [2.75, 3.05) is 6.54 Å². The smallest absolute Gasteiger partial charge is 0.270 e. The normalized spacial score (nSPS) is 24.4. The lowest BCUT2D eigenvalue weighted by molar-refractivity contribution is -0.0654. The zero-order valence-electron chi connectivity index (χ0n) is 20.5. The van der Waals surface area contributed by atoms with Crippen molar-refractivity contribution >= 4 is 17.5 Å². The van der Waals surface area contributed by atoms with Crippen LogP contribution in [0, 0.1) is 17.5 Å². The van der Waals surface area contributed by atoms with Crippen molar-refractivity contribution in [1.29, 1.82) is 0 Å². The highest BCUT2D eigenvalue weighted by Gasteiger charge is 2.53. The third-order valence-electron chi connectivity index (χ3n) is 7.56. The Morgan fingerprint density at radius 3 is 2.65 bits per heavy atom. The van der Waals surface area contributed by atoms with Gasteiger partial charge in [-0.25, -0.2) is 13.2 Å². The number of carbonyl (C=O) groups excluding carboxylic acids is 2. The Kier molecular flexibility index (Phi) is 6.33. The summed E-state index contributed by atoms with van der Waals surface area (Å²) in [6.07, 6.45) is 4.92. The van der Waals surface area contributed by atoms with Gasteiger partial charge in [0.2, 0.25) is 0 Å². The maximum Gasteiger partial charge on any atom is 0.270 e. The standard InChI is InChI=1S/C26H27F3N4O4/c1-3-4-16-10-26(37-31-16)6-5-14(2)32-13-23(26)33-12-18(22(34)9-21(33)25(32)36)24(35)30-11-17-19(28)7-15(27)8-20(17)29/h7-9,12,14,23H,3-6,10-11,13H2,1-2H3,(H,30,35). The second-order valence-electron chi connectivity index (χ2n) is 9.98. The minimum atomic E-state index is -1.15. The van der Waals surface area contributed by atoms with Gasteiger partial charge in [-0.15, -0.1) is 0 Å². The number of oxime groups is 1. The molecule has 0 radical (unpaired) electrons. The Bertz CT molecular complexity index is 1350. The molecule has 1 fully saturated rings. The van der Waals surface area contributed by atoms with E-state index in [1.54, 1.807) is 9.47 Å². The molecule has 3 aliphatic heterocycles. The van der Waals surface area contributed by atoms with Crippen LogP contribution in [0.1, 0.15) is 78.4 Å². The Morgan fingerprint density at radius 2 is 1.95 bits per heavy atom. The van der Waals surface area contributed by atoms with Crippen LogP contribution < -0.4 is 10.7 Å². The molecule has 4 heterocycles. The molecule has 3 atom stereocenters. The maximum atomic E-state index is 14.0. The van der Waals surface area contributed by atoms with Gasteiger partial charge >= 0.3 is 0 Å². The summed E-state index contributed by atoms with van der Waals surface area (Å²) in [7, 11) is 0. The van der Waals surface area contributed by atoms with E-state index in [1.165, 1.54) is 6.20 Å². The van der Waals surface area contributed by atoms with Crippen LogP contribution in [0.15, 0.2) is 34.3 Å². The number of nitrogens with one attached hydrogen (secondary N) is 1. The van der Waals surface area contributed by atoms with E-state index < -0.39 is 52.5 Å². The summed E-state index contributed by atoms with van der Waals surface area (Å²) < 4.78 is 42.9. The molecule has 196 valence electrons. The zero-order valence-corrected chi connectivity index (χ0v) is 20.5. The number of rotatable bonds is 5. The van der Waals surface area contributed by atoms with Gasteiger partial charge in [-0.3, -0.25) is 14.4 Å². The first-order valence-electron chi connectivity index (χ1n) is 12.4. The van der Waals surface area contributed by atoms with Crippen molar-refractivity contribution < 1.29 is 27.6 Å². The first-order valence-corrected chi connectivity index (χ1v) is 12.4. The highest BCUT2D eigenvalue weighted by atomic mass is 19.1. The van der Waals surface area contributed by atoms with Crippen molar-refractivity contribution in [2.45, 2.75) is 70.2 Å². The van der Waals surface area contributed by atoms with Crippen LogP contribution in [0.25, 0.3) is 0 Å². The third kappa shape index (κ3) is 4.30. The number of nitrogens with zero attached hydrogens (tertiary/aromatic N) is 3. The molecule has 2 aromatic rings. The number of hydrogen-bond donors (Lipinski definition) is 1. The number of hydrogen-bond acceptors (Lipinski definition) is 5. The van der Waals surface area contributed by atoms with Crippen LogP contribution in [0.3, 0.4) is 0 Å². The third-order valence-corrected chi connectivity index (χ3v) is 7.56. The van der Waals surface area contributed by atoms with E-state index in [0.717, 1.165) is 24.6 Å². The average molecular weight is 517 g/mol. The molecule has 3 aliphatic rings. The molecule has 5 rings (SSSR count). The van der Waals surface area contributed by atoms with Crippen molar-refractivity contribution in [3.8, 4) is 0 Å². The molecular weight excluding hydrogens is 489 g/mol. The Morgan fingerprint density at radius 1 is 1.22 bits per heavy atom. The van der Waals surface area contributed by atoms with Gasteiger partial charge < -0.3 is 19.6 Å². The van der Waals surface area contributed by atoms with Gasteiger partial charge in [-0.05, 0) is 26.2 Å². The summed E-state index contributed by atoms with van der Waals surface area (Å²) in [5.41, 5.74) is -1.16. The summed E-state index contributed by atoms with van der Waals surface area (Å²) >= 11 is 0. The van der Waals surface area contributed by atoms with Crippen molar-refractivity contribution in [1.82, 2.24) is 14.8 Å². The molecule has 1 spiro atoms. The van der Waals surface area contributed by atoms with E-state index >= 15 is 0 Å². The predicted molar refractivity (Wildman–Crippen MR) is 128 cm³/mol. The topological polar surface area (TPSA) is 93.0 Å². The SMILES string of the molecule is CCCC1=NOC2(CCC(C)N3CC2n2cc(C(=O)NCc4c(F)cc(F)cc4F)c(=O)cc2C3=O)C1. The monoisotopic (exact) mass is 516 g/mol. The Balaban J connectivity index is 1.49. The van der Waals surface area contributed by atoms with Gasteiger partial charge in [0.25, 0.3) is 11.8 Å². The van der Waals surface area contributed by atoms with Gasteiger partial charge in [0.05, 0.1) is 11.8 Å².